The van der Waals surface area contributed by atoms with Crippen molar-refractivity contribution in [3.63, 3.8) is 0 Å². The van der Waals surface area contributed by atoms with E-state index in [4.69, 9.17) is 16.4 Å². The first-order valence-electron chi connectivity index (χ1n) is 8.63. The summed E-state index contributed by atoms with van der Waals surface area (Å²) in [5.74, 6) is -0.543. The highest BCUT2D eigenvalue weighted by atomic mass is 35.5. The van der Waals surface area contributed by atoms with Gasteiger partial charge >= 0.3 is 0 Å². The lowest BCUT2D eigenvalue weighted by molar-refractivity contribution is -0.126. The molecule has 27 heavy (non-hydrogen) atoms. The number of oxime groups is 1. The Kier molecular flexibility index (Phi) is 4.90. The van der Waals surface area contributed by atoms with Crippen LogP contribution in [0.5, 0.6) is 0 Å². The predicted molar refractivity (Wildman–Crippen MR) is 107 cm³/mol. The number of rotatable bonds is 4. The Labute approximate surface area is 162 Å². The quantitative estimate of drug-likeness (QED) is 0.706. The monoisotopic (exact) mass is 376 g/mol. The Bertz CT molecular complexity index is 957. The van der Waals surface area contributed by atoms with Gasteiger partial charge in [-0.1, -0.05) is 77.4 Å². The van der Waals surface area contributed by atoms with Gasteiger partial charge in [-0.15, -0.1) is 0 Å². The minimum Gasteiger partial charge on any atom is -0.381 e. The average molecular weight is 377 g/mol. The van der Waals surface area contributed by atoms with Crippen LogP contribution in [-0.4, -0.2) is 17.7 Å². The van der Waals surface area contributed by atoms with Crippen molar-refractivity contribution in [1.82, 2.24) is 0 Å². The summed E-state index contributed by atoms with van der Waals surface area (Å²) in [6.07, 6.45) is -0.752. The molecule has 0 spiro atoms. The van der Waals surface area contributed by atoms with Crippen LogP contribution < -0.4 is 5.32 Å². The van der Waals surface area contributed by atoms with E-state index in [-0.39, 0.29) is 11.8 Å². The first-order chi connectivity index (χ1) is 13.2. The fraction of sp³-hybridized carbons (Fsp3) is 0.0909. The Morgan fingerprint density at radius 3 is 2.19 bits per heavy atom. The van der Waals surface area contributed by atoms with Crippen LogP contribution in [0.2, 0.25) is 5.02 Å². The van der Waals surface area contributed by atoms with E-state index in [2.05, 4.69) is 10.5 Å². The van der Waals surface area contributed by atoms with Crippen LogP contribution in [0.3, 0.4) is 0 Å². The normalized spacial score (nSPS) is 18.5. The molecule has 3 aromatic rings. The SMILES string of the molecule is O=C(Nc1ccccc1)[C@H]1ON=C(c2ccc(Cl)cc2)[C@@H]1c1ccccc1. The zero-order valence-electron chi connectivity index (χ0n) is 14.4. The van der Waals surface area contributed by atoms with Gasteiger partial charge in [0.05, 0.1) is 11.6 Å². The highest BCUT2D eigenvalue weighted by Gasteiger charge is 2.41. The number of hydrogen-bond acceptors (Lipinski definition) is 3. The molecular formula is C22H17ClN2O2. The molecule has 1 aliphatic rings. The van der Waals surface area contributed by atoms with E-state index in [1.807, 2.05) is 72.8 Å². The highest BCUT2D eigenvalue weighted by molar-refractivity contribution is 6.30. The van der Waals surface area contributed by atoms with Gasteiger partial charge in [-0.2, -0.15) is 0 Å². The molecule has 0 aromatic heterocycles. The third kappa shape index (κ3) is 3.71. The second-order valence-electron chi connectivity index (χ2n) is 6.25. The van der Waals surface area contributed by atoms with E-state index in [0.29, 0.717) is 10.7 Å². The summed E-state index contributed by atoms with van der Waals surface area (Å²) in [5.41, 5.74) is 3.28. The number of amides is 1. The Morgan fingerprint density at radius 1 is 0.889 bits per heavy atom. The van der Waals surface area contributed by atoms with Gasteiger partial charge in [0, 0.05) is 16.3 Å². The number of nitrogens with zero attached hydrogens (tertiary/aromatic N) is 1. The largest absolute Gasteiger partial charge is 0.381 e. The second-order valence-corrected chi connectivity index (χ2v) is 6.69. The molecule has 0 saturated carbocycles. The topological polar surface area (TPSA) is 50.7 Å². The predicted octanol–water partition coefficient (Wildman–Crippen LogP) is 4.87. The number of carbonyl (C=O) groups excluding carboxylic acids is 1. The smallest absolute Gasteiger partial charge is 0.269 e. The van der Waals surface area contributed by atoms with Crippen LogP contribution in [0.1, 0.15) is 17.0 Å². The molecule has 3 aromatic carbocycles. The number of para-hydroxylation sites is 1. The summed E-state index contributed by atoms with van der Waals surface area (Å²) >= 11 is 6.01. The number of carbonyl (C=O) groups is 1. The lowest BCUT2D eigenvalue weighted by Crippen LogP contribution is -2.34. The maximum atomic E-state index is 12.9. The number of benzene rings is 3. The molecule has 0 aliphatic carbocycles. The van der Waals surface area contributed by atoms with Gasteiger partial charge in [0.15, 0.2) is 0 Å². The van der Waals surface area contributed by atoms with E-state index in [0.717, 1.165) is 16.8 Å². The number of anilines is 1. The van der Waals surface area contributed by atoms with Crippen LogP contribution in [-0.2, 0) is 9.63 Å². The molecular weight excluding hydrogens is 360 g/mol. The molecule has 0 fully saturated rings. The van der Waals surface area contributed by atoms with Crippen molar-refractivity contribution in [2.45, 2.75) is 12.0 Å². The van der Waals surface area contributed by atoms with Crippen molar-refractivity contribution in [3.8, 4) is 0 Å². The standard InChI is InChI=1S/C22H17ClN2O2/c23-17-13-11-16(12-14-17)20-19(15-7-3-1-4-8-15)21(27-25-20)22(26)24-18-9-5-2-6-10-18/h1-14,19,21H,(H,24,26)/t19-,21-/m0/s1. The van der Waals surface area contributed by atoms with Gasteiger partial charge < -0.3 is 10.2 Å². The summed E-state index contributed by atoms with van der Waals surface area (Å²) in [6.45, 7) is 0. The number of halogens is 1. The molecule has 1 heterocycles. The molecule has 1 amide bonds. The van der Waals surface area contributed by atoms with Crippen molar-refractivity contribution in [2.75, 3.05) is 5.32 Å². The fourth-order valence-corrected chi connectivity index (χ4v) is 3.28. The van der Waals surface area contributed by atoms with Crippen molar-refractivity contribution < 1.29 is 9.63 Å². The molecule has 0 radical (unpaired) electrons. The van der Waals surface area contributed by atoms with Crippen LogP contribution in [0.15, 0.2) is 90.1 Å². The molecule has 1 aliphatic heterocycles. The first-order valence-corrected chi connectivity index (χ1v) is 9.01. The second kappa shape index (κ2) is 7.64. The Hall–Kier alpha value is -3.11. The summed E-state index contributed by atoms with van der Waals surface area (Å²) in [6, 6.07) is 26.5. The molecule has 0 bridgehead atoms. The molecule has 5 heteroatoms. The Morgan fingerprint density at radius 2 is 1.52 bits per heavy atom. The van der Waals surface area contributed by atoms with E-state index >= 15 is 0 Å². The van der Waals surface area contributed by atoms with E-state index in [1.165, 1.54) is 0 Å². The van der Waals surface area contributed by atoms with Crippen LogP contribution in [0.25, 0.3) is 0 Å². The zero-order chi connectivity index (χ0) is 18.6. The van der Waals surface area contributed by atoms with Gasteiger partial charge in [-0.3, -0.25) is 4.79 Å². The molecule has 134 valence electrons. The summed E-state index contributed by atoms with van der Waals surface area (Å²) in [4.78, 5) is 18.5. The summed E-state index contributed by atoms with van der Waals surface area (Å²) < 4.78 is 0. The van der Waals surface area contributed by atoms with Crippen LogP contribution in [0, 0.1) is 0 Å². The lowest BCUT2D eigenvalue weighted by atomic mass is 9.86. The number of hydrogen-bond donors (Lipinski definition) is 1. The minimum atomic E-state index is -0.752. The number of nitrogens with one attached hydrogen (secondary N) is 1. The molecule has 0 unspecified atom stereocenters. The average Bonchev–Trinajstić information content (AvgIpc) is 3.15. The zero-order valence-corrected chi connectivity index (χ0v) is 15.1. The summed E-state index contributed by atoms with van der Waals surface area (Å²) in [5, 5.41) is 7.80. The molecule has 4 nitrogen and oxygen atoms in total. The van der Waals surface area contributed by atoms with Crippen LogP contribution in [0.4, 0.5) is 5.69 Å². The van der Waals surface area contributed by atoms with Crippen molar-refractivity contribution in [2.24, 2.45) is 5.16 Å². The van der Waals surface area contributed by atoms with E-state index in [1.54, 1.807) is 12.1 Å². The maximum Gasteiger partial charge on any atom is 0.269 e. The van der Waals surface area contributed by atoms with Gasteiger partial charge in [-0.05, 0) is 29.8 Å². The highest BCUT2D eigenvalue weighted by Crippen LogP contribution is 2.33. The Balaban J connectivity index is 1.66. The van der Waals surface area contributed by atoms with E-state index < -0.39 is 6.10 Å². The lowest BCUT2D eigenvalue weighted by Gasteiger charge is -2.19. The van der Waals surface area contributed by atoms with Crippen LogP contribution >= 0.6 is 11.6 Å². The van der Waals surface area contributed by atoms with E-state index in [9.17, 15) is 4.79 Å². The molecule has 0 saturated heterocycles. The maximum absolute atomic E-state index is 12.9. The van der Waals surface area contributed by atoms with Gasteiger partial charge in [0.1, 0.15) is 0 Å². The van der Waals surface area contributed by atoms with Crippen molar-refractivity contribution in [1.29, 1.82) is 0 Å². The molecule has 1 N–H and O–H groups in total. The first kappa shape index (κ1) is 17.3. The molecule has 4 rings (SSSR count). The third-order valence-corrected chi connectivity index (χ3v) is 4.71. The van der Waals surface area contributed by atoms with Crippen molar-refractivity contribution in [3.05, 3.63) is 101 Å². The van der Waals surface area contributed by atoms with Gasteiger partial charge in [-0.25, -0.2) is 0 Å². The summed E-state index contributed by atoms with van der Waals surface area (Å²) in [7, 11) is 0. The van der Waals surface area contributed by atoms with Crippen molar-refractivity contribution >= 4 is 28.9 Å². The van der Waals surface area contributed by atoms with Gasteiger partial charge in [0.25, 0.3) is 5.91 Å². The van der Waals surface area contributed by atoms with Gasteiger partial charge in [0.2, 0.25) is 6.10 Å². The third-order valence-electron chi connectivity index (χ3n) is 4.46. The minimum absolute atomic E-state index is 0.234. The molecule has 2 atom stereocenters. The fourth-order valence-electron chi connectivity index (χ4n) is 3.15.